The summed E-state index contributed by atoms with van der Waals surface area (Å²) in [5, 5.41) is 36.9. The summed E-state index contributed by atoms with van der Waals surface area (Å²) in [5.41, 5.74) is 1.54. The van der Waals surface area contributed by atoms with E-state index in [1.54, 1.807) is 36.4 Å². The van der Waals surface area contributed by atoms with Gasteiger partial charge in [-0.2, -0.15) is 0 Å². The molecule has 1 saturated heterocycles. The fourth-order valence-corrected chi connectivity index (χ4v) is 4.44. The molecule has 0 spiro atoms. The van der Waals surface area contributed by atoms with Crippen LogP contribution >= 0.6 is 23.2 Å². The topological polar surface area (TPSA) is 159 Å². The van der Waals surface area contributed by atoms with E-state index in [1.807, 2.05) is 0 Å². The molecule has 0 bridgehead atoms. The van der Waals surface area contributed by atoms with Crippen molar-refractivity contribution in [3.05, 3.63) is 58.2 Å². The smallest absolute Gasteiger partial charge is 0.341 e. The van der Waals surface area contributed by atoms with Crippen molar-refractivity contribution in [1.29, 1.82) is 0 Å². The second-order valence-electron chi connectivity index (χ2n) is 8.50. The number of aliphatic hydroxyl groups is 3. The number of hydrogen-bond acceptors (Lipinski definition) is 10. The highest BCUT2D eigenvalue weighted by Crippen LogP contribution is 2.36. The molecule has 0 aliphatic carbocycles. The molecule has 0 unspecified atom stereocenters. The van der Waals surface area contributed by atoms with Crippen LogP contribution in [-0.2, 0) is 14.3 Å². The molecule has 202 valence electrons. The van der Waals surface area contributed by atoms with Crippen LogP contribution in [0.1, 0.15) is 17.3 Å². The summed E-state index contributed by atoms with van der Waals surface area (Å²) < 4.78 is 16.3. The number of benzene rings is 2. The van der Waals surface area contributed by atoms with Crippen LogP contribution in [-0.4, -0.2) is 76.5 Å². The monoisotopic (exact) mass is 565 g/mol. The highest BCUT2D eigenvalue weighted by Gasteiger charge is 2.46. The number of amides is 1. The Balaban J connectivity index is 1.61. The number of nitrogens with one attached hydrogen (secondary N) is 2. The average molecular weight is 566 g/mol. The maximum atomic E-state index is 12.4. The fourth-order valence-electron chi connectivity index (χ4n) is 4.07. The highest BCUT2D eigenvalue weighted by molar-refractivity contribution is 6.45. The molecule has 5 N–H and O–H groups in total. The lowest BCUT2D eigenvalue weighted by molar-refractivity contribution is -0.244. The van der Waals surface area contributed by atoms with Crippen LogP contribution in [0.25, 0.3) is 10.9 Å². The summed E-state index contributed by atoms with van der Waals surface area (Å²) in [5.74, 6) is -0.767. The fraction of sp³-hybridized carbons (Fsp3) is 0.320. The van der Waals surface area contributed by atoms with E-state index in [4.69, 9.17) is 37.4 Å². The van der Waals surface area contributed by atoms with Gasteiger partial charge in [-0.05, 0) is 36.4 Å². The van der Waals surface area contributed by atoms with Crippen LogP contribution in [0, 0.1) is 0 Å². The number of anilines is 2. The second-order valence-corrected chi connectivity index (χ2v) is 9.28. The minimum absolute atomic E-state index is 0.176. The third kappa shape index (κ3) is 5.63. The number of rotatable bonds is 7. The third-order valence-corrected chi connectivity index (χ3v) is 6.76. The summed E-state index contributed by atoms with van der Waals surface area (Å²) in [4.78, 5) is 28.3. The lowest BCUT2D eigenvalue weighted by Crippen LogP contribution is -2.65. The summed E-state index contributed by atoms with van der Waals surface area (Å²) in [7, 11) is 1.26. The first kappa shape index (κ1) is 27.8. The van der Waals surface area contributed by atoms with Gasteiger partial charge in [-0.1, -0.05) is 23.2 Å². The van der Waals surface area contributed by atoms with Crippen molar-refractivity contribution >= 4 is 57.4 Å². The molecule has 3 aromatic rings. The molecule has 1 amide bonds. The molecule has 2 heterocycles. The quantitative estimate of drug-likeness (QED) is 0.269. The molecule has 0 saturated carbocycles. The van der Waals surface area contributed by atoms with E-state index in [0.717, 1.165) is 0 Å². The molecule has 13 heteroatoms. The van der Waals surface area contributed by atoms with Crippen LogP contribution in [0.3, 0.4) is 0 Å². The molecule has 38 heavy (non-hydrogen) atoms. The lowest BCUT2D eigenvalue weighted by Gasteiger charge is -2.42. The number of carbonyl (C=O) groups is 2. The summed E-state index contributed by atoms with van der Waals surface area (Å²) >= 11 is 12.4. The molecule has 4 rings (SSSR count). The number of pyridine rings is 1. The van der Waals surface area contributed by atoms with Gasteiger partial charge in [-0.3, -0.25) is 9.78 Å². The van der Waals surface area contributed by atoms with E-state index in [1.165, 1.54) is 20.2 Å². The standard InChI is InChI=1S/C25H25Cl2N3O8/c1-11(32)29-21-23(34)22(33)17(10-31)38-25(21)37-13-5-3-12(4-6-13)30-19-14-7-8-16(26)18(27)20(14)28-9-15(19)24(35)36-2/h3-9,17,21-23,25,31,33-34H,10H2,1-2H3,(H,28,30)(H,29,32)/t17-,21+,22+,23+,25-/m1/s1. The Bertz CT molecular complexity index is 1340. The average Bonchev–Trinajstić information content (AvgIpc) is 2.91. The van der Waals surface area contributed by atoms with Crippen LogP contribution in [0.5, 0.6) is 5.75 Å². The number of halogens is 2. The number of fused-ring (bicyclic) bond motifs is 1. The minimum Gasteiger partial charge on any atom is -0.465 e. The number of aromatic nitrogens is 1. The Morgan fingerprint density at radius 2 is 1.82 bits per heavy atom. The van der Waals surface area contributed by atoms with Crippen molar-refractivity contribution in [3.8, 4) is 5.75 Å². The Hall–Kier alpha value is -3.19. The van der Waals surface area contributed by atoms with E-state index in [0.29, 0.717) is 33.0 Å². The van der Waals surface area contributed by atoms with Gasteiger partial charge in [0.05, 0.1) is 35.0 Å². The number of aliphatic hydroxyl groups excluding tert-OH is 3. The first-order valence-electron chi connectivity index (χ1n) is 11.4. The van der Waals surface area contributed by atoms with E-state index in [9.17, 15) is 24.9 Å². The van der Waals surface area contributed by atoms with Crippen molar-refractivity contribution in [3.63, 3.8) is 0 Å². The van der Waals surface area contributed by atoms with Gasteiger partial charge in [-0.15, -0.1) is 0 Å². The van der Waals surface area contributed by atoms with Crippen molar-refractivity contribution in [1.82, 2.24) is 10.3 Å². The first-order valence-corrected chi connectivity index (χ1v) is 12.2. The molecule has 1 aromatic heterocycles. The van der Waals surface area contributed by atoms with Gasteiger partial charge in [0.2, 0.25) is 12.2 Å². The zero-order valence-corrected chi connectivity index (χ0v) is 21.7. The maximum Gasteiger partial charge on any atom is 0.341 e. The summed E-state index contributed by atoms with van der Waals surface area (Å²) in [6.45, 7) is 0.687. The van der Waals surface area contributed by atoms with E-state index in [2.05, 4.69) is 15.6 Å². The van der Waals surface area contributed by atoms with Gasteiger partial charge >= 0.3 is 5.97 Å². The van der Waals surface area contributed by atoms with Crippen LogP contribution in [0.15, 0.2) is 42.6 Å². The third-order valence-electron chi connectivity index (χ3n) is 5.96. The zero-order valence-electron chi connectivity index (χ0n) is 20.2. The van der Waals surface area contributed by atoms with Gasteiger partial charge in [-0.25, -0.2) is 4.79 Å². The normalized spacial score (nSPS) is 23.1. The van der Waals surface area contributed by atoms with Crippen molar-refractivity contribution in [2.75, 3.05) is 19.0 Å². The number of methoxy groups -OCH3 is 1. The van der Waals surface area contributed by atoms with Crippen molar-refractivity contribution in [2.24, 2.45) is 0 Å². The molecule has 1 aliphatic rings. The largest absolute Gasteiger partial charge is 0.465 e. The lowest BCUT2D eigenvalue weighted by atomic mass is 9.97. The highest BCUT2D eigenvalue weighted by atomic mass is 35.5. The number of esters is 1. The molecule has 0 radical (unpaired) electrons. The van der Waals surface area contributed by atoms with Gasteiger partial charge in [0.1, 0.15) is 35.7 Å². The predicted octanol–water partition coefficient (Wildman–Crippen LogP) is 2.39. The van der Waals surface area contributed by atoms with Crippen LogP contribution in [0.2, 0.25) is 10.0 Å². The molecular formula is C25H25Cl2N3O8. The Morgan fingerprint density at radius 1 is 1.11 bits per heavy atom. The minimum atomic E-state index is -1.44. The molecule has 11 nitrogen and oxygen atoms in total. The number of nitrogens with zero attached hydrogens (tertiary/aromatic N) is 1. The van der Waals surface area contributed by atoms with Gasteiger partial charge in [0.15, 0.2) is 0 Å². The first-order chi connectivity index (χ1) is 18.1. The van der Waals surface area contributed by atoms with Crippen LogP contribution < -0.4 is 15.4 Å². The molecule has 5 atom stereocenters. The van der Waals surface area contributed by atoms with Crippen LogP contribution in [0.4, 0.5) is 11.4 Å². The Labute approximate surface area is 227 Å². The number of carbonyl (C=O) groups excluding carboxylic acids is 2. The summed E-state index contributed by atoms with van der Waals surface area (Å²) in [6.07, 6.45) is -3.83. The van der Waals surface area contributed by atoms with Crippen molar-refractivity contribution < 1.29 is 39.1 Å². The van der Waals surface area contributed by atoms with Gasteiger partial charge < -0.3 is 40.2 Å². The molecule has 1 aliphatic heterocycles. The zero-order chi connectivity index (χ0) is 27.6. The molecule has 1 fully saturated rings. The Kier molecular flexibility index (Phi) is 8.56. The molecular weight excluding hydrogens is 541 g/mol. The second kappa shape index (κ2) is 11.7. The van der Waals surface area contributed by atoms with Crippen molar-refractivity contribution in [2.45, 2.75) is 37.6 Å². The number of hydrogen-bond donors (Lipinski definition) is 5. The maximum absolute atomic E-state index is 12.4. The predicted molar refractivity (Wildman–Crippen MR) is 139 cm³/mol. The van der Waals surface area contributed by atoms with Gasteiger partial charge in [0.25, 0.3) is 0 Å². The van der Waals surface area contributed by atoms with E-state index < -0.39 is 49.1 Å². The Morgan fingerprint density at radius 3 is 2.45 bits per heavy atom. The number of ether oxygens (including phenoxy) is 3. The summed E-state index contributed by atoms with van der Waals surface area (Å²) in [6, 6.07) is 8.68. The molecule has 2 aromatic carbocycles. The van der Waals surface area contributed by atoms with Gasteiger partial charge in [0, 0.05) is 24.2 Å². The SMILES string of the molecule is COC(=O)c1cnc2c(Cl)c(Cl)ccc2c1Nc1ccc(O[C@@H]2O[C@H](CO)[C@H](O)[C@@H](O)[C@@H]2NC(C)=O)cc1. The van der Waals surface area contributed by atoms with E-state index in [-0.39, 0.29) is 10.6 Å². The van der Waals surface area contributed by atoms with E-state index >= 15 is 0 Å².